The van der Waals surface area contributed by atoms with E-state index >= 15 is 0 Å². The Bertz CT molecular complexity index is 1260. The van der Waals surface area contributed by atoms with Gasteiger partial charge in [-0.25, -0.2) is 0 Å². The van der Waals surface area contributed by atoms with Crippen molar-refractivity contribution in [2.75, 3.05) is 11.9 Å². The maximum atomic E-state index is 12.5. The smallest absolute Gasteiger partial charge is 0.291 e. The Morgan fingerprint density at radius 2 is 1.75 bits per heavy atom. The number of fused-ring (bicyclic) bond motifs is 1. The highest BCUT2D eigenvalue weighted by Crippen LogP contribution is 2.22. The molecule has 0 aliphatic heterocycles. The molecule has 3 aromatic carbocycles. The molecule has 6 nitrogen and oxygen atoms in total. The summed E-state index contributed by atoms with van der Waals surface area (Å²) in [4.78, 5) is 12.5. The van der Waals surface area contributed by atoms with Crippen LogP contribution in [0.3, 0.4) is 0 Å². The lowest BCUT2D eigenvalue weighted by atomic mass is 10.1. The highest BCUT2D eigenvalue weighted by molar-refractivity contribution is 6.02. The van der Waals surface area contributed by atoms with Crippen LogP contribution < -0.4 is 14.8 Å². The molecule has 0 saturated heterocycles. The van der Waals surface area contributed by atoms with Gasteiger partial charge in [-0.3, -0.25) is 4.79 Å². The summed E-state index contributed by atoms with van der Waals surface area (Å²) < 4.78 is 17.1. The molecule has 0 atom stereocenters. The minimum Gasteiger partial charge on any atom is -0.493 e. The molecule has 0 spiro atoms. The van der Waals surface area contributed by atoms with Gasteiger partial charge in [-0.15, -0.1) is 0 Å². The van der Waals surface area contributed by atoms with Gasteiger partial charge in [0.2, 0.25) is 0 Å². The van der Waals surface area contributed by atoms with Crippen molar-refractivity contribution in [2.24, 2.45) is 0 Å². The number of hydrogen-bond donors (Lipinski definition) is 1. The van der Waals surface area contributed by atoms with Crippen LogP contribution in [0.25, 0.3) is 10.8 Å². The van der Waals surface area contributed by atoms with Crippen LogP contribution in [0, 0.1) is 11.3 Å². The SMILES string of the molecule is N#CCCCOc1cccc(NC(=O)c2ccc(COc3ccc4ccccc4c3)o2)c1. The normalized spacial score (nSPS) is 10.5. The molecule has 1 heterocycles. The molecule has 0 bridgehead atoms. The van der Waals surface area contributed by atoms with Gasteiger partial charge in [-0.05, 0) is 53.6 Å². The Kier molecular flexibility index (Phi) is 6.69. The van der Waals surface area contributed by atoms with E-state index < -0.39 is 0 Å². The number of benzene rings is 3. The molecule has 4 rings (SSSR count). The Hall–Kier alpha value is -4.24. The second-order valence-corrected chi connectivity index (χ2v) is 7.16. The zero-order valence-electron chi connectivity index (χ0n) is 17.4. The van der Waals surface area contributed by atoms with Gasteiger partial charge in [0.1, 0.15) is 23.9 Å². The average molecular weight is 426 g/mol. The molecule has 4 aromatic rings. The van der Waals surface area contributed by atoms with Gasteiger partial charge in [-0.1, -0.05) is 36.4 Å². The zero-order valence-corrected chi connectivity index (χ0v) is 17.4. The summed E-state index contributed by atoms with van der Waals surface area (Å²) in [5, 5.41) is 13.6. The third-order valence-corrected chi connectivity index (χ3v) is 4.78. The summed E-state index contributed by atoms with van der Waals surface area (Å²) in [7, 11) is 0. The lowest BCUT2D eigenvalue weighted by molar-refractivity contribution is 0.0992. The fourth-order valence-corrected chi connectivity index (χ4v) is 3.19. The molecule has 0 aliphatic carbocycles. The number of unbranched alkanes of at least 4 members (excludes halogenated alkanes) is 1. The van der Waals surface area contributed by atoms with Gasteiger partial charge < -0.3 is 19.2 Å². The number of hydrogen-bond acceptors (Lipinski definition) is 5. The standard InChI is InChI=1S/C26H22N2O4/c27-14-3-4-15-30-22-9-5-8-21(17-22)28-26(29)25-13-12-24(32-25)18-31-23-11-10-19-6-1-2-7-20(19)16-23/h1-2,5-13,16-17H,3-4,15,18H2,(H,28,29). The highest BCUT2D eigenvalue weighted by atomic mass is 16.5. The summed E-state index contributed by atoms with van der Waals surface area (Å²) >= 11 is 0. The summed E-state index contributed by atoms with van der Waals surface area (Å²) in [5.74, 6) is 1.76. The van der Waals surface area contributed by atoms with E-state index in [-0.39, 0.29) is 18.3 Å². The average Bonchev–Trinajstić information content (AvgIpc) is 3.30. The molecule has 0 fully saturated rings. The first kappa shape index (κ1) is 21.0. The van der Waals surface area contributed by atoms with Gasteiger partial charge in [0.25, 0.3) is 5.91 Å². The van der Waals surface area contributed by atoms with Crippen molar-refractivity contribution in [3.63, 3.8) is 0 Å². The lowest BCUT2D eigenvalue weighted by Crippen LogP contribution is -2.11. The van der Waals surface area contributed by atoms with Crippen LogP contribution in [0.15, 0.2) is 83.3 Å². The molecule has 0 saturated carbocycles. The quantitative estimate of drug-likeness (QED) is 0.335. The van der Waals surface area contributed by atoms with Crippen LogP contribution in [0.1, 0.15) is 29.2 Å². The van der Waals surface area contributed by atoms with Crippen LogP contribution in [0.4, 0.5) is 5.69 Å². The summed E-state index contributed by atoms with van der Waals surface area (Å²) in [6.07, 6.45) is 1.10. The van der Waals surface area contributed by atoms with E-state index in [1.54, 1.807) is 36.4 Å². The van der Waals surface area contributed by atoms with E-state index in [1.165, 1.54) is 0 Å². The van der Waals surface area contributed by atoms with Gasteiger partial charge in [0.15, 0.2) is 5.76 Å². The second-order valence-electron chi connectivity index (χ2n) is 7.16. The third kappa shape index (κ3) is 5.46. The largest absolute Gasteiger partial charge is 0.493 e. The number of nitriles is 1. The number of amides is 1. The van der Waals surface area contributed by atoms with Crippen molar-refractivity contribution in [1.29, 1.82) is 5.26 Å². The molecule has 6 heteroatoms. The summed E-state index contributed by atoms with van der Waals surface area (Å²) in [6.45, 7) is 0.668. The first-order valence-electron chi connectivity index (χ1n) is 10.3. The maximum Gasteiger partial charge on any atom is 0.291 e. The van der Waals surface area contributed by atoms with Crippen molar-refractivity contribution in [1.82, 2.24) is 0 Å². The van der Waals surface area contributed by atoms with Crippen molar-refractivity contribution in [2.45, 2.75) is 19.4 Å². The summed E-state index contributed by atoms with van der Waals surface area (Å²) in [5.41, 5.74) is 0.596. The van der Waals surface area contributed by atoms with Crippen molar-refractivity contribution in [3.8, 4) is 17.6 Å². The summed E-state index contributed by atoms with van der Waals surface area (Å²) in [6, 6.07) is 26.5. The number of nitrogens with zero attached hydrogens (tertiary/aromatic N) is 1. The lowest BCUT2D eigenvalue weighted by Gasteiger charge is -2.08. The number of carbonyl (C=O) groups is 1. The molecule has 0 unspecified atom stereocenters. The van der Waals surface area contributed by atoms with Crippen LogP contribution >= 0.6 is 0 Å². The van der Waals surface area contributed by atoms with E-state index in [4.69, 9.17) is 19.2 Å². The van der Waals surface area contributed by atoms with Crippen LogP contribution in [-0.2, 0) is 6.61 Å². The fraction of sp³-hybridized carbons (Fsp3) is 0.154. The van der Waals surface area contributed by atoms with Gasteiger partial charge >= 0.3 is 0 Å². The molecular formula is C26H22N2O4. The second kappa shape index (κ2) is 10.2. The van der Waals surface area contributed by atoms with E-state index in [9.17, 15) is 4.79 Å². The first-order chi connectivity index (χ1) is 15.7. The minimum absolute atomic E-state index is 0.197. The molecule has 32 heavy (non-hydrogen) atoms. The minimum atomic E-state index is -0.358. The zero-order chi connectivity index (χ0) is 22.2. The van der Waals surface area contributed by atoms with Crippen molar-refractivity contribution >= 4 is 22.4 Å². The molecule has 1 N–H and O–H groups in total. The topological polar surface area (TPSA) is 84.5 Å². The Morgan fingerprint density at radius 3 is 2.62 bits per heavy atom. The molecular weight excluding hydrogens is 404 g/mol. The number of furan rings is 1. The molecule has 1 aromatic heterocycles. The number of ether oxygens (including phenoxy) is 2. The molecule has 0 radical (unpaired) electrons. The number of nitrogens with one attached hydrogen (secondary N) is 1. The van der Waals surface area contributed by atoms with Crippen LogP contribution in [0.5, 0.6) is 11.5 Å². The Balaban J connectivity index is 1.33. The van der Waals surface area contributed by atoms with E-state index in [0.717, 1.165) is 16.5 Å². The maximum absolute atomic E-state index is 12.5. The fourth-order valence-electron chi connectivity index (χ4n) is 3.19. The van der Waals surface area contributed by atoms with Gasteiger partial charge in [0.05, 0.1) is 12.7 Å². The van der Waals surface area contributed by atoms with E-state index in [1.807, 2.05) is 42.5 Å². The van der Waals surface area contributed by atoms with Gasteiger partial charge in [-0.2, -0.15) is 5.26 Å². The van der Waals surface area contributed by atoms with Crippen LogP contribution in [0.2, 0.25) is 0 Å². The Labute approximate surface area is 186 Å². The molecule has 0 aliphatic rings. The predicted molar refractivity (Wildman–Crippen MR) is 122 cm³/mol. The van der Waals surface area contributed by atoms with Crippen molar-refractivity contribution in [3.05, 3.63) is 90.4 Å². The molecule has 160 valence electrons. The number of carbonyl (C=O) groups excluding carboxylic acids is 1. The van der Waals surface area contributed by atoms with Gasteiger partial charge in [0, 0.05) is 18.2 Å². The number of rotatable bonds is 9. The predicted octanol–water partition coefficient (Wildman–Crippen LogP) is 5.95. The van der Waals surface area contributed by atoms with E-state index in [0.29, 0.717) is 36.6 Å². The number of anilines is 1. The van der Waals surface area contributed by atoms with Crippen molar-refractivity contribution < 1.29 is 18.7 Å². The molecule has 1 amide bonds. The third-order valence-electron chi connectivity index (χ3n) is 4.78. The first-order valence-corrected chi connectivity index (χ1v) is 10.3. The highest BCUT2D eigenvalue weighted by Gasteiger charge is 2.12. The van der Waals surface area contributed by atoms with Crippen LogP contribution in [-0.4, -0.2) is 12.5 Å². The Morgan fingerprint density at radius 1 is 0.906 bits per heavy atom. The monoisotopic (exact) mass is 426 g/mol. The van der Waals surface area contributed by atoms with E-state index in [2.05, 4.69) is 11.4 Å².